The fourth-order valence-corrected chi connectivity index (χ4v) is 3.05. The molecule has 0 atom stereocenters. The third-order valence-electron chi connectivity index (χ3n) is 3.92. The normalized spacial score (nSPS) is 15.4. The van der Waals surface area contributed by atoms with Gasteiger partial charge < -0.3 is 10.1 Å². The molecule has 0 saturated heterocycles. The highest BCUT2D eigenvalue weighted by Gasteiger charge is 2.19. The summed E-state index contributed by atoms with van der Waals surface area (Å²) in [5.41, 5.74) is 1.88. The van der Waals surface area contributed by atoms with Crippen LogP contribution in [0.4, 0.5) is 5.95 Å². The van der Waals surface area contributed by atoms with Gasteiger partial charge in [0, 0.05) is 17.3 Å². The zero-order valence-corrected chi connectivity index (χ0v) is 13.2. The molecule has 112 valence electrons. The monoisotopic (exact) mass is 305 g/mol. The summed E-state index contributed by atoms with van der Waals surface area (Å²) in [7, 11) is 1.67. The fourth-order valence-electron chi connectivity index (χ4n) is 2.89. The number of ether oxygens (including phenoxy) is 1. The van der Waals surface area contributed by atoms with Crippen molar-refractivity contribution in [1.82, 2.24) is 9.55 Å². The molecule has 1 aromatic carbocycles. The van der Waals surface area contributed by atoms with Crippen LogP contribution in [0, 0.1) is 6.92 Å². The van der Waals surface area contributed by atoms with E-state index in [1.807, 2.05) is 35.9 Å². The highest BCUT2D eigenvalue weighted by Crippen LogP contribution is 2.30. The third kappa shape index (κ3) is 3.00. The predicted molar refractivity (Wildman–Crippen MR) is 85.7 cm³/mol. The summed E-state index contributed by atoms with van der Waals surface area (Å²) in [5, 5.41) is 4.24. The zero-order chi connectivity index (χ0) is 14.8. The number of benzene rings is 1. The Balaban J connectivity index is 1.99. The van der Waals surface area contributed by atoms with Crippen molar-refractivity contribution in [3.05, 3.63) is 35.1 Å². The third-order valence-corrected chi connectivity index (χ3v) is 4.15. The number of imidazole rings is 1. The maximum Gasteiger partial charge on any atom is 0.208 e. The van der Waals surface area contributed by atoms with Crippen LogP contribution in [0.1, 0.15) is 31.4 Å². The van der Waals surface area contributed by atoms with Crippen molar-refractivity contribution in [2.75, 3.05) is 12.4 Å². The average Bonchev–Trinajstić information content (AvgIpc) is 3.09. The van der Waals surface area contributed by atoms with Gasteiger partial charge in [0.1, 0.15) is 5.75 Å². The second kappa shape index (κ2) is 5.98. The van der Waals surface area contributed by atoms with Crippen LogP contribution in [-0.4, -0.2) is 22.7 Å². The van der Waals surface area contributed by atoms with Gasteiger partial charge in [-0.1, -0.05) is 24.4 Å². The summed E-state index contributed by atoms with van der Waals surface area (Å²) in [6.07, 6.45) is 7.00. The zero-order valence-electron chi connectivity index (χ0n) is 12.4. The maximum absolute atomic E-state index is 6.14. The molecule has 0 aliphatic heterocycles. The number of anilines is 1. The number of halogens is 1. The molecule has 0 spiro atoms. The molecule has 1 fully saturated rings. The van der Waals surface area contributed by atoms with Gasteiger partial charge in [-0.3, -0.25) is 4.57 Å². The van der Waals surface area contributed by atoms with Crippen LogP contribution in [0.25, 0.3) is 5.69 Å². The lowest BCUT2D eigenvalue weighted by atomic mass is 10.2. The van der Waals surface area contributed by atoms with Crippen LogP contribution in [0.5, 0.6) is 5.75 Å². The average molecular weight is 306 g/mol. The Bertz CT molecular complexity index is 632. The molecule has 2 aromatic rings. The summed E-state index contributed by atoms with van der Waals surface area (Å²) in [5.74, 6) is 1.64. The SMILES string of the molecule is COc1ccc(Cl)cc1-n1cc(C)nc1NC1CCCC1. The molecule has 4 nitrogen and oxygen atoms in total. The van der Waals surface area contributed by atoms with Gasteiger partial charge in [-0.2, -0.15) is 0 Å². The lowest BCUT2D eigenvalue weighted by molar-refractivity contribution is 0.413. The molecule has 0 bridgehead atoms. The first-order valence-electron chi connectivity index (χ1n) is 7.34. The highest BCUT2D eigenvalue weighted by molar-refractivity contribution is 6.30. The Labute approximate surface area is 130 Å². The van der Waals surface area contributed by atoms with E-state index < -0.39 is 0 Å². The van der Waals surface area contributed by atoms with Crippen molar-refractivity contribution in [2.45, 2.75) is 38.6 Å². The molecule has 0 radical (unpaired) electrons. The number of hydrogen-bond acceptors (Lipinski definition) is 3. The Morgan fingerprint density at radius 3 is 2.81 bits per heavy atom. The number of aryl methyl sites for hydroxylation is 1. The van der Waals surface area contributed by atoms with Crippen LogP contribution >= 0.6 is 11.6 Å². The number of hydrogen-bond donors (Lipinski definition) is 1. The van der Waals surface area contributed by atoms with E-state index >= 15 is 0 Å². The van der Waals surface area contributed by atoms with Crippen molar-refractivity contribution in [3.63, 3.8) is 0 Å². The minimum Gasteiger partial charge on any atom is -0.495 e. The van der Waals surface area contributed by atoms with Crippen LogP contribution in [0.3, 0.4) is 0 Å². The van der Waals surface area contributed by atoms with E-state index in [0.29, 0.717) is 11.1 Å². The topological polar surface area (TPSA) is 39.1 Å². The molecule has 21 heavy (non-hydrogen) atoms. The summed E-state index contributed by atoms with van der Waals surface area (Å²) < 4.78 is 7.48. The van der Waals surface area contributed by atoms with E-state index in [-0.39, 0.29) is 0 Å². The molecule has 1 N–H and O–H groups in total. The minimum absolute atomic E-state index is 0.510. The van der Waals surface area contributed by atoms with Gasteiger partial charge in [0.2, 0.25) is 5.95 Å². The first-order valence-corrected chi connectivity index (χ1v) is 7.71. The Morgan fingerprint density at radius 1 is 1.33 bits per heavy atom. The van der Waals surface area contributed by atoms with E-state index in [2.05, 4.69) is 10.3 Å². The van der Waals surface area contributed by atoms with Crippen LogP contribution < -0.4 is 10.1 Å². The summed E-state index contributed by atoms with van der Waals surface area (Å²) in [6, 6.07) is 6.13. The summed E-state index contributed by atoms with van der Waals surface area (Å²) in [6.45, 7) is 1.99. The van der Waals surface area contributed by atoms with E-state index in [4.69, 9.17) is 16.3 Å². The largest absolute Gasteiger partial charge is 0.495 e. The molecular formula is C16H20ClN3O. The van der Waals surface area contributed by atoms with Gasteiger partial charge in [0.15, 0.2) is 0 Å². The number of methoxy groups -OCH3 is 1. The highest BCUT2D eigenvalue weighted by atomic mass is 35.5. The molecule has 1 saturated carbocycles. The molecule has 1 heterocycles. The van der Waals surface area contributed by atoms with E-state index in [1.165, 1.54) is 25.7 Å². The van der Waals surface area contributed by atoms with Crippen molar-refractivity contribution < 1.29 is 4.74 Å². The molecule has 0 unspecified atom stereocenters. The van der Waals surface area contributed by atoms with Crippen molar-refractivity contribution >= 4 is 17.5 Å². The van der Waals surface area contributed by atoms with Gasteiger partial charge in [0.05, 0.1) is 18.5 Å². The van der Waals surface area contributed by atoms with E-state index in [9.17, 15) is 0 Å². The Hall–Kier alpha value is -1.68. The van der Waals surface area contributed by atoms with E-state index in [0.717, 1.165) is 23.1 Å². The molecule has 3 rings (SSSR count). The van der Waals surface area contributed by atoms with Gasteiger partial charge >= 0.3 is 0 Å². The van der Waals surface area contributed by atoms with Gasteiger partial charge in [-0.05, 0) is 38.0 Å². The fraction of sp³-hybridized carbons (Fsp3) is 0.438. The second-order valence-electron chi connectivity index (χ2n) is 5.52. The summed E-state index contributed by atoms with van der Waals surface area (Å²) in [4.78, 5) is 4.61. The van der Waals surface area contributed by atoms with Crippen molar-refractivity contribution in [3.8, 4) is 11.4 Å². The number of nitrogens with zero attached hydrogens (tertiary/aromatic N) is 2. The lowest BCUT2D eigenvalue weighted by Crippen LogP contribution is -2.17. The van der Waals surface area contributed by atoms with Gasteiger partial charge in [-0.15, -0.1) is 0 Å². The van der Waals surface area contributed by atoms with Crippen LogP contribution in [0.2, 0.25) is 5.02 Å². The molecule has 1 aliphatic carbocycles. The van der Waals surface area contributed by atoms with Crippen molar-refractivity contribution in [1.29, 1.82) is 0 Å². The molecule has 1 aliphatic rings. The van der Waals surface area contributed by atoms with Crippen molar-refractivity contribution in [2.24, 2.45) is 0 Å². The number of nitrogens with one attached hydrogen (secondary N) is 1. The quantitative estimate of drug-likeness (QED) is 0.920. The Kier molecular flexibility index (Phi) is 4.06. The molecule has 1 aromatic heterocycles. The molecule has 0 amide bonds. The first-order chi connectivity index (χ1) is 10.2. The van der Waals surface area contributed by atoms with E-state index in [1.54, 1.807) is 7.11 Å². The first kappa shape index (κ1) is 14.3. The summed E-state index contributed by atoms with van der Waals surface area (Å²) >= 11 is 6.14. The van der Waals surface area contributed by atoms with Gasteiger partial charge in [0.25, 0.3) is 0 Å². The number of rotatable bonds is 4. The standard InChI is InChI=1S/C16H20ClN3O/c1-11-10-20(14-9-12(17)7-8-15(14)21-2)16(18-11)19-13-5-3-4-6-13/h7-10,13H,3-6H2,1-2H3,(H,18,19). The number of aromatic nitrogens is 2. The predicted octanol–water partition coefficient (Wildman–Crippen LogP) is 4.20. The second-order valence-corrected chi connectivity index (χ2v) is 5.95. The minimum atomic E-state index is 0.510. The Morgan fingerprint density at radius 2 is 2.10 bits per heavy atom. The van der Waals surface area contributed by atoms with Crippen LogP contribution in [0.15, 0.2) is 24.4 Å². The lowest BCUT2D eigenvalue weighted by Gasteiger charge is -2.16. The smallest absolute Gasteiger partial charge is 0.208 e. The maximum atomic E-state index is 6.14. The van der Waals surface area contributed by atoms with Gasteiger partial charge in [-0.25, -0.2) is 4.98 Å². The molecule has 5 heteroatoms. The molecular weight excluding hydrogens is 286 g/mol. The van der Waals surface area contributed by atoms with Crippen LogP contribution in [-0.2, 0) is 0 Å².